The van der Waals surface area contributed by atoms with Crippen LogP contribution < -0.4 is 5.32 Å². The standard InChI is InChI=1S/C18H21BrN2O4S/c1-13-9-14(4-5-17(13)19)20-18(22)11-21(10-16-3-2-7-25-16)15-6-8-26(23,24)12-15/h2-5,7,9,15H,6,8,10-12H2,1H3,(H,20,22)/t15-/m1/s1. The highest BCUT2D eigenvalue weighted by Crippen LogP contribution is 2.22. The molecule has 0 aliphatic carbocycles. The van der Waals surface area contributed by atoms with Crippen molar-refractivity contribution in [3.63, 3.8) is 0 Å². The van der Waals surface area contributed by atoms with E-state index in [4.69, 9.17) is 4.42 Å². The summed E-state index contributed by atoms with van der Waals surface area (Å²) in [5, 5.41) is 2.88. The van der Waals surface area contributed by atoms with E-state index in [9.17, 15) is 13.2 Å². The first-order chi connectivity index (χ1) is 12.3. The van der Waals surface area contributed by atoms with Gasteiger partial charge in [-0.15, -0.1) is 0 Å². The maximum Gasteiger partial charge on any atom is 0.238 e. The minimum absolute atomic E-state index is 0.0817. The van der Waals surface area contributed by atoms with Gasteiger partial charge in [-0.2, -0.15) is 0 Å². The quantitative estimate of drug-likeness (QED) is 0.746. The summed E-state index contributed by atoms with van der Waals surface area (Å²) in [6.45, 7) is 2.46. The van der Waals surface area contributed by atoms with Crippen molar-refractivity contribution in [2.45, 2.75) is 25.9 Å². The average molecular weight is 441 g/mol. The lowest BCUT2D eigenvalue weighted by Gasteiger charge is -2.26. The van der Waals surface area contributed by atoms with Gasteiger partial charge in [-0.3, -0.25) is 9.69 Å². The minimum Gasteiger partial charge on any atom is -0.468 e. The molecule has 2 heterocycles. The number of furan rings is 1. The van der Waals surface area contributed by atoms with Crippen LogP contribution in [0.3, 0.4) is 0 Å². The van der Waals surface area contributed by atoms with E-state index in [-0.39, 0.29) is 30.0 Å². The number of sulfone groups is 1. The molecule has 8 heteroatoms. The van der Waals surface area contributed by atoms with Crippen molar-refractivity contribution in [1.82, 2.24) is 4.90 Å². The number of carbonyl (C=O) groups is 1. The molecule has 1 aromatic carbocycles. The van der Waals surface area contributed by atoms with E-state index < -0.39 is 9.84 Å². The molecule has 1 aliphatic heterocycles. The van der Waals surface area contributed by atoms with Gasteiger partial charge in [0, 0.05) is 16.2 Å². The van der Waals surface area contributed by atoms with Gasteiger partial charge in [0.1, 0.15) is 5.76 Å². The Hall–Kier alpha value is -1.64. The fourth-order valence-corrected chi connectivity index (χ4v) is 5.10. The van der Waals surface area contributed by atoms with Crippen LogP contribution in [0.2, 0.25) is 0 Å². The molecule has 0 bridgehead atoms. The summed E-state index contributed by atoms with van der Waals surface area (Å²) in [6, 6.07) is 9.03. The number of nitrogens with zero attached hydrogens (tertiary/aromatic N) is 1. The predicted molar refractivity (Wildman–Crippen MR) is 104 cm³/mol. The van der Waals surface area contributed by atoms with Crippen LogP contribution >= 0.6 is 15.9 Å². The SMILES string of the molecule is Cc1cc(NC(=O)CN(Cc2ccco2)[C@@H]2CCS(=O)(=O)C2)ccc1Br. The van der Waals surface area contributed by atoms with Gasteiger partial charge in [0.05, 0.1) is 30.9 Å². The molecule has 1 aliphatic rings. The zero-order valence-corrected chi connectivity index (χ0v) is 16.8. The maximum atomic E-state index is 12.5. The lowest BCUT2D eigenvalue weighted by Crippen LogP contribution is -2.41. The zero-order valence-electron chi connectivity index (χ0n) is 14.4. The number of rotatable bonds is 6. The maximum absolute atomic E-state index is 12.5. The molecule has 3 rings (SSSR count). The first-order valence-electron chi connectivity index (χ1n) is 8.35. The second kappa shape index (κ2) is 7.94. The third kappa shape index (κ3) is 4.96. The number of anilines is 1. The van der Waals surface area contributed by atoms with Crippen LogP contribution in [-0.2, 0) is 21.2 Å². The van der Waals surface area contributed by atoms with Crippen LogP contribution in [0.5, 0.6) is 0 Å². The Bertz CT molecular complexity index is 881. The number of aryl methyl sites for hydroxylation is 1. The molecular formula is C18H21BrN2O4S. The summed E-state index contributed by atoms with van der Waals surface area (Å²) in [4.78, 5) is 14.4. The van der Waals surface area contributed by atoms with E-state index in [0.29, 0.717) is 24.4 Å². The topological polar surface area (TPSA) is 79.6 Å². The van der Waals surface area contributed by atoms with Gasteiger partial charge in [0.2, 0.25) is 5.91 Å². The fourth-order valence-electron chi connectivity index (χ4n) is 3.09. The van der Waals surface area contributed by atoms with Crippen molar-refractivity contribution >= 4 is 37.4 Å². The average Bonchev–Trinajstić information content (AvgIpc) is 3.19. The summed E-state index contributed by atoms with van der Waals surface area (Å²) in [5.74, 6) is 0.780. The summed E-state index contributed by atoms with van der Waals surface area (Å²) in [6.07, 6.45) is 2.11. The largest absolute Gasteiger partial charge is 0.468 e. The third-order valence-electron chi connectivity index (χ3n) is 4.45. The highest BCUT2D eigenvalue weighted by atomic mass is 79.9. The van der Waals surface area contributed by atoms with Crippen LogP contribution in [0.1, 0.15) is 17.7 Å². The molecule has 1 atom stereocenters. The highest BCUT2D eigenvalue weighted by Gasteiger charge is 2.33. The first kappa shape index (κ1) is 19.1. The van der Waals surface area contributed by atoms with Crippen LogP contribution in [0.25, 0.3) is 0 Å². The van der Waals surface area contributed by atoms with Crippen molar-refractivity contribution < 1.29 is 17.6 Å². The Balaban J connectivity index is 1.69. The van der Waals surface area contributed by atoms with Crippen LogP contribution in [0.15, 0.2) is 45.5 Å². The summed E-state index contributed by atoms with van der Waals surface area (Å²) < 4.78 is 30.0. The van der Waals surface area contributed by atoms with E-state index in [2.05, 4.69) is 21.2 Å². The van der Waals surface area contributed by atoms with E-state index in [1.807, 2.05) is 36.1 Å². The predicted octanol–water partition coefficient (Wildman–Crippen LogP) is 2.98. The minimum atomic E-state index is -3.03. The highest BCUT2D eigenvalue weighted by molar-refractivity contribution is 9.10. The lowest BCUT2D eigenvalue weighted by molar-refractivity contribution is -0.118. The Morgan fingerprint density at radius 1 is 1.38 bits per heavy atom. The zero-order chi connectivity index (χ0) is 18.7. The van der Waals surface area contributed by atoms with Gasteiger partial charge in [-0.05, 0) is 49.2 Å². The van der Waals surface area contributed by atoms with Gasteiger partial charge in [-0.1, -0.05) is 15.9 Å². The van der Waals surface area contributed by atoms with Crippen LogP contribution in [0.4, 0.5) is 5.69 Å². The van der Waals surface area contributed by atoms with E-state index in [1.54, 1.807) is 12.3 Å². The molecule has 1 saturated heterocycles. The van der Waals surface area contributed by atoms with Crippen molar-refractivity contribution in [3.8, 4) is 0 Å². The monoisotopic (exact) mass is 440 g/mol. The molecule has 0 radical (unpaired) electrons. The second-order valence-electron chi connectivity index (χ2n) is 6.55. The van der Waals surface area contributed by atoms with E-state index in [1.165, 1.54) is 0 Å². The van der Waals surface area contributed by atoms with Gasteiger partial charge < -0.3 is 9.73 Å². The van der Waals surface area contributed by atoms with E-state index in [0.717, 1.165) is 10.0 Å². The molecule has 0 unspecified atom stereocenters. The Kier molecular flexibility index (Phi) is 5.84. The van der Waals surface area contributed by atoms with Crippen molar-refractivity contribution in [2.24, 2.45) is 0 Å². The number of amides is 1. The number of nitrogens with one attached hydrogen (secondary N) is 1. The number of hydrogen-bond donors (Lipinski definition) is 1. The van der Waals surface area contributed by atoms with Crippen molar-refractivity contribution in [2.75, 3.05) is 23.4 Å². The third-order valence-corrected chi connectivity index (χ3v) is 7.09. The number of hydrogen-bond acceptors (Lipinski definition) is 5. The molecule has 1 N–H and O–H groups in total. The molecule has 6 nitrogen and oxygen atoms in total. The van der Waals surface area contributed by atoms with Gasteiger partial charge >= 0.3 is 0 Å². The molecule has 0 spiro atoms. The number of carbonyl (C=O) groups excluding carboxylic acids is 1. The van der Waals surface area contributed by atoms with Crippen LogP contribution in [-0.4, -0.2) is 43.3 Å². The summed E-state index contributed by atoms with van der Waals surface area (Å²) in [5.41, 5.74) is 1.74. The molecule has 1 fully saturated rings. The van der Waals surface area contributed by atoms with Crippen molar-refractivity contribution in [1.29, 1.82) is 0 Å². The molecular weight excluding hydrogens is 420 g/mol. The number of benzene rings is 1. The Labute approximate surface area is 161 Å². The van der Waals surface area contributed by atoms with Gasteiger partial charge in [0.25, 0.3) is 0 Å². The molecule has 1 aromatic heterocycles. The molecule has 26 heavy (non-hydrogen) atoms. The molecule has 0 saturated carbocycles. The number of halogens is 1. The lowest BCUT2D eigenvalue weighted by atomic mass is 10.2. The van der Waals surface area contributed by atoms with Crippen molar-refractivity contribution in [3.05, 3.63) is 52.4 Å². The first-order valence-corrected chi connectivity index (χ1v) is 11.0. The van der Waals surface area contributed by atoms with E-state index >= 15 is 0 Å². The van der Waals surface area contributed by atoms with Crippen LogP contribution in [0, 0.1) is 6.92 Å². The van der Waals surface area contributed by atoms with Gasteiger partial charge in [0.15, 0.2) is 9.84 Å². The fraction of sp³-hybridized carbons (Fsp3) is 0.389. The smallest absolute Gasteiger partial charge is 0.238 e. The normalized spacial score (nSPS) is 19.0. The molecule has 2 aromatic rings. The molecule has 1 amide bonds. The second-order valence-corrected chi connectivity index (χ2v) is 9.64. The summed E-state index contributed by atoms with van der Waals surface area (Å²) in [7, 11) is -3.03. The summed E-state index contributed by atoms with van der Waals surface area (Å²) >= 11 is 3.44. The molecule has 140 valence electrons. The van der Waals surface area contributed by atoms with Gasteiger partial charge in [-0.25, -0.2) is 8.42 Å². The Morgan fingerprint density at radius 2 is 2.19 bits per heavy atom. The Morgan fingerprint density at radius 3 is 2.81 bits per heavy atom.